The van der Waals surface area contributed by atoms with Crippen LogP contribution in [0.2, 0.25) is 0 Å². The first kappa shape index (κ1) is 21.3. The second-order valence-electron chi connectivity index (χ2n) is 6.18. The predicted octanol–water partition coefficient (Wildman–Crippen LogP) is 4.21. The van der Waals surface area contributed by atoms with E-state index in [1.807, 2.05) is 30.3 Å². The molecule has 3 rings (SSSR count). The van der Waals surface area contributed by atoms with E-state index >= 15 is 0 Å². The number of para-hydroxylation sites is 2. The summed E-state index contributed by atoms with van der Waals surface area (Å²) < 4.78 is 11.2. The average Bonchev–Trinajstić information content (AvgIpc) is 2.78. The van der Waals surface area contributed by atoms with Gasteiger partial charge in [0.25, 0.3) is 5.69 Å². The number of carbonyl (C=O) groups is 1. The SMILES string of the molecule is O=C(N/N=C\c1ccccc1OCCOc1ccc([N+](=O)[O-])cc1)Nc1ccccc1. The monoisotopic (exact) mass is 420 g/mol. The van der Waals surface area contributed by atoms with Gasteiger partial charge in [-0.3, -0.25) is 10.1 Å². The number of hydrogen-bond acceptors (Lipinski definition) is 6. The van der Waals surface area contributed by atoms with Crippen molar-refractivity contribution in [3.8, 4) is 11.5 Å². The van der Waals surface area contributed by atoms with Gasteiger partial charge in [0.1, 0.15) is 24.7 Å². The number of hydrogen-bond donors (Lipinski definition) is 2. The van der Waals surface area contributed by atoms with E-state index in [-0.39, 0.29) is 18.9 Å². The van der Waals surface area contributed by atoms with Crippen molar-refractivity contribution in [2.24, 2.45) is 5.10 Å². The van der Waals surface area contributed by atoms with Crippen molar-refractivity contribution in [3.05, 3.63) is 94.5 Å². The highest BCUT2D eigenvalue weighted by Gasteiger charge is 2.05. The molecule has 0 heterocycles. The number of nitrogens with zero attached hydrogens (tertiary/aromatic N) is 2. The third-order valence-electron chi connectivity index (χ3n) is 3.98. The van der Waals surface area contributed by atoms with Gasteiger partial charge in [0.05, 0.1) is 11.1 Å². The maximum absolute atomic E-state index is 11.9. The molecule has 3 aromatic rings. The van der Waals surface area contributed by atoms with Gasteiger partial charge in [-0.05, 0) is 36.4 Å². The van der Waals surface area contributed by atoms with Crippen LogP contribution in [-0.4, -0.2) is 30.4 Å². The molecular formula is C22H20N4O5. The van der Waals surface area contributed by atoms with Crippen LogP contribution in [0.4, 0.5) is 16.2 Å². The lowest BCUT2D eigenvalue weighted by Crippen LogP contribution is -2.24. The van der Waals surface area contributed by atoms with E-state index in [1.54, 1.807) is 24.3 Å². The van der Waals surface area contributed by atoms with Crippen molar-refractivity contribution in [3.63, 3.8) is 0 Å². The summed E-state index contributed by atoms with van der Waals surface area (Å²) in [7, 11) is 0. The molecule has 0 fully saturated rings. The Morgan fingerprint density at radius 2 is 1.61 bits per heavy atom. The molecule has 9 nitrogen and oxygen atoms in total. The van der Waals surface area contributed by atoms with Crippen LogP contribution >= 0.6 is 0 Å². The maximum Gasteiger partial charge on any atom is 0.339 e. The van der Waals surface area contributed by atoms with Crippen LogP contribution < -0.4 is 20.2 Å². The molecule has 0 atom stereocenters. The van der Waals surface area contributed by atoms with Crippen LogP contribution in [-0.2, 0) is 0 Å². The average molecular weight is 420 g/mol. The van der Waals surface area contributed by atoms with Crippen LogP contribution in [0.1, 0.15) is 5.56 Å². The van der Waals surface area contributed by atoms with E-state index in [0.717, 1.165) is 0 Å². The molecule has 2 amide bonds. The molecule has 0 saturated carbocycles. The number of ether oxygens (including phenoxy) is 2. The maximum atomic E-state index is 11.9. The largest absolute Gasteiger partial charge is 0.490 e. The van der Waals surface area contributed by atoms with Gasteiger partial charge in [-0.25, -0.2) is 10.2 Å². The Balaban J connectivity index is 1.46. The second kappa shape index (κ2) is 11.0. The Labute approximate surface area is 178 Å². The third kappa shape index (κ3) is 6.86. The number of carbonyl (C=O) groups excluding carboxylic acids is 1. The van der Waals surface area contributed by atoms with Gasteiger partial charge in [-0.1, -0.05) is 30.3 Å². The fraction of sp³-hybridized carbons (Fsp3) is 0.0909. The Kier molecular flexibility index (Phi) is 7.53. The number of hydrazone groups is 1. The van der Waals surface area contributed by atoms with Crippen molar-refractivity contribution < 1.29 is 19.2 Å². The minimum Gasteiger partial charge on any atom is -0.490 e. The molecule has 3 aromatic carbocycles. The Morgan fingerprint density at radius 1 is 0.935 bits per heavy atom. The molecule has 9 heteroatoms. The minimum atomic E-state index is -0.467. The number of anilines is 1. The molecule has 0 aliphatic heterocycles. The first-order chi connectivity index (χ1) is 15.1. The van der Waals surface area contributed by atoms with E-state index in [1.165, 1.54) is 30.5 Å². The lowest BCUT2D eigenvalue weighted by atomic mass is 10.2. The van der Waals surface area contributed by atoms with Crippen molar-refractivity contribution in [2.75, 3.05) is 18.5 Å². The highest BCUT2D eigenvalue weighted by molar-refractivity contribution is 5.90. The van der Waals surface area contributed by atoms with Crippen molar-refractivity contribution in [1.29, 1.82) is 0 Å². The first-order valence-corrected chi connectivity index (χ1v) is 9.36. The number of benzene rings is 3. The molecule has 2 N–H and O–H groups in total. The lowest BCUT2D eigenvalue weighted by Gasteiger charge is -2.10. The Morgan fingerprint density at radius 3 is 2.35 bits per heavy atom. The predicted molar refractivity (Wildman–Crippen MR) is 117 cm³/mol. The van der Waals surface area contributed by atoms with Crippen LogP contribution in [0.3, 0.4) is 0 Å². The molecule has 0 aliphatic carbocycles. The summed E-state index contributed by atoms with van der Waals surface area (Å²) in [5.41, 5.74) is 3.74. The van der Waals surface area contributed by atoms with E-state index < -0.39 is 11.0 Å². The van der Waals surface area contributed by atoms with Crippen LogP contribution in [0.25, 0.3) is 0 Å². The fourth-order valence-corrected chi connectivity index (χ4v) is 2.53. The molecular weight excluding hydrogens is 400 g/mol. The molecule has 0 saturated heterocycles. The molecule has 0 aliphatic rings. The van der Waals surface area contributed by atoms with E-state index in [2.05, 4.69) is 15.8 Å². The molecule has 0 unspecified atom stereocenters. The zero-order valence-corrected chi connectivity index (χ0v) is 16.4. The number of non-ortho nitro benzene ring substituents is 1. The van der Waals surface area contributed by atoms with Crippen molar-refractivity contribution >= 4 is 23.6 Å². The van der Waals surface area contributed by atoms with E-state index in [0.29, 0.717) is 22.7 Å². The number of rotatable bonds is 9. The summed E-state index contributed by atoms with van der Waals surface area (Å²) in [5, 5.41) is 17.3. The number of nitro benzene ring substituents is 1. The number of urea groups is 1. The summed E-state index contributed by atoms with van der Waals surface area (Å²) in [6, 6.07) is 21.6. The quantitative estimate of drug-likeness (QED) is 0.233. The van der Waals surface area contributed by atoms with Gasteiger partial charge in [0.15, 0.2) is 0 Å². The second-order valence-corrected chi connectivity index (χ2v) is 6.18. The van der Waals surface area contributed by atoms with E-state index in [4.69, 9.17) is 9.47 Å². The van der Waals surface area contributed by atoms with Gasteiger partial charge < -0.3 is 14.8 Å². The standard InChI is InChI=1S/C22H20N4O5/c27-22(24-18-7-2-1-3-8-18)25-23-16-17-6-4-5-9-21(17)31-15-14-30-20-12-10-19(11-13-20)26(28)29/h1-13,16H,14-15H2,(H2,24,25,27)/b23-16-. The summed E-state index contributed by atoms with van der Waals surface area (Å²) in [6.07, 6.45) is 1.48. The Bertz CT molecular complexity index is 1040. The summed E-state index contributed by atoms with van der Waals surface area (Å²) >= 11 is 0. The van der Waals surface area contributed by atoms with Gasteiger partial charge in [-0.2, -0.15) is 5.10 Å². The highest BCUT2D eigenvalue weighted by atomic mass is 16.6. The van der Waals surface area contributed by atoms with Gasteiger partial charge in [0.2, 0.25) is 0 Å². The number of nitro groups is 1. The normalized spacial score (nSPS) is 10.5. The van der Waals surface area contributed by atoms with Crippen molar-refractivity contribution in [1.82, 2.24) is 5.43 Å². The lowest BCUT2D eigenvalue weighted by molar-refractivity contribution is -0.384. The molecule has 0 aromatic heterocycles. The molecule has 0 spiro atoms. The highest BCUT2D eigenvalue weighted by Crippen LogP contribution is 2.18. The summed E-state index contributed by atoms with van der Waals surface area (Å²) in [4.78, 5) is 22.1. The zero-order valence-electron chi connectivity index (χ0n) is 16.4. The zero-order chi connectivity index (χ0) is 21.9. The molecule has 158 valence electrons. The van der Waals surface area contributed by atoms with Gasteiger partial charge in [-0.15, -0.1) is 0 Å². The topological polar surface area (TPSA) is 115 Å². The minimum absolute atomic E-state index is 0.00266. The summed E-state index contributed by atoms with van der Waals surface area (Å²) in [6.45, 7) is 0.505. The Hall–Kier alpha value is -4.40. The van der Waals surface area contributed by atoms with Crippen LogP contribution in [0.5, 0.6) is 11.5 Å². The number of nitrogens with one attached hydrogen (secondary N) is 2. The molecule has 31 heavy (non-hydrogen) atoms. The van der Waals surface area contributed by atoms with E-state index in [9.17, 15) is 14.9 Å². The van der Waals surface area contributed by atoms with Crippen LogP contribution in [0.15, 0.2) is 84.0 Å². The first-order valence-electron chi connectivity index (χ1n) is 9.36. The van der Waals surface area contributed by atoms with Gasteiger partial charge >= 0.3 is 6.03 Å². The smallest absolute Gasteiger partial charge is 0.339 e. The molecule has 0 radical (unpaired) electrons. The van der Waals surface area contributed by atoms with Crippen LogP contribution in [0, 0.1) is 10.1 Å². The number of amides is 2. The van der Waals surface area contributed by atoms with Gasteiger partial charge in [0, 0.05) is 23.4 Å². The molecule has 0 bridgehead atoms. The fourth-order valence-electron chi connectivity index (χ4n) is 2.53. The third-order valence-corrected chi connectivity index (χ3v) is 3.98. The van der Waals surface area contributed by atoms with Crippen molar-refractivity contribution in [2.45, 2.75) is 0 Å². The summed E-state index contributed by atoms with van der Waals surface area (Å²) in [5.74, 6) is 1.08.